The number of rotatable bonds is 24. The lowest BCUT2D eigenvalue weighted by Gasteiger charge is -2.27. The largest absolute Gasteiger partial charge is 0.748 e. The Morgan fingerprint density at radius 2 is 0.806 bits per heavy atom. The fourth-order valence-electron chi connectivity index (χ4n) is 14.4. The molecule has 0 aromatic heterocycles. The van der Waals surface area contributed by atoms with Gasteiger partial charge in [-0.05, 0) is 144 Å². The van der Waals surface area contributed by atoms with Crippen LogP contribution < -0.4 is 9.80 Å². The van der Waals surface area contributed by atoms with Gasteiger partial charge < -0.3 is 23.6 Å². The Balaban J connectivity index is 0.000000323. The summed E-state index contributed by atoms with van der Waals surface area (Å²) in [7, 11) is -20.9. The molecule has 31 heteroatoms. The summed E-state index contributed by atoms with van der Waals surface area (Å²) in [6.07, 6.45) is 30.1. The van der Waals surface area contributed by atoms with Gasteiger partial charge in [0.25, 0.3) is 0 Å². The Morgan fingerprint density at radius 3 is 1.19 bits per heavy atom. The Labute approximate surface area is 652 Å². The molecule has 23 nitrogen and oxygen atoms in total. The molecule has 588 valence electrons. The van der Waals surface area contributed by atoms with Gasteiger partial charge in [-0.1, -0.05) is 169 Å². The quantitative estimate of drug-likeness (QED) is 0.0357. The average molecular weight is 1640 g/mol. The summed E-state index contributed by atoms with van der Waals surface area (Å²) in [5.41, 5.74) is 17.5. The zero-order valence-corrected chi connectivity index (χ0v) is 68.9. The van der Waals surface area contributed by atoms with Crippen LogP contribution >= 0.6 is 23.2 Å². The predicted octanol–water partition coefficient (Wildman–Crippen LogP) is 14.0. The van der Waals surface area contributed by atoms with Crippen LogP contribution in [0, 0.1) is 0 Å². The third kappa shape index (κ3) is 25.8. The van der Waals surface area contributed by atoms with E-state index in [4.69, 9.17) is 78.4 Å². The molecule has 6 aliphatic rings. The van der Waals surface area contributed by atoms with Crippen molar-refractivity contribution in [1.82, 2.24) is 0 Å². The van der Waals surface area contributed by atoms with Crippen LogP contribution in [0.15, 0.2) is 190 Å². The molecule has 0 N–H and O–H groups in total. The summed E-state index contributed by atoms with van der Waals surface area (Å²) in [5, 5.41) is 1.46. The molecule has 0 saturated heterocycles. The van der Waals surface area contributed by atoms with E-state index >= 15 is 0 Å². The van der Waals surface area contributed by atoms with Crippen molar-refractivity contribution >= 4 is 120 Å². The van der Waals surface area contributed by atoms with Gasteiger partial charge in [-0.15, -0.1) is 50.5 Å². The highest BCUT2D eigenvalue weighted by Crippen LogP contribution is 2.50. The van der Waals surface area contributed by atoms with Gasteiger partial charge in [-0.25, -0.2) is 16.8 Å². The van der Waals surface area contributed by atoms with Gasteiger partial charge in [0.2, 0.25) is 11.4 Å². The van der Waals surface area contributed by atoms with Crippen molar-refractivity contribution in [3.63, 3.8) is 0 Å². The molecule has 5 heterocycles. The molecule has 0 bridgehead atoms. The highest BCUT2D eigenvalue weighted by Gasteiger charge is 2.46. The Kier molecular flexibility index (Phi) is 34.9. The maximum Gasteiger partial charge on any atom is 0.425 e. The molecular weight excluding hydrogens is 1550 g/mol. The first-order valence-corrected chi connectivity index (χ1v) is 43.3. The van der Waals surface area contributed by atoms with Crippen LogP contribution in [0.25, 0.3) is 0 Å². The predicted molar refractivity (Wildman–Crippen MR) is 418 cm³/mol. The minimum absolute atomic E-state index is 0.0888. The molecule has 0 fully saturated rings. The topological polar surface area (TPSA) is 341 Å². The van der Waals surface area contributed by atoms with Gasteiger partial charge in [0, 0.05) is 118 Å². The second-order valence-electron chi connectivity index (χ2n) is 28.2. The highest BCUT2D eigenvalue weighted by molar-refractivity contribution is 7.85. The summed E-state index contributed by atoms with van der Waals surface area (Å²) in [6.45, 7) is 26.4. The van der Waals surface area contributed by atoms with Crippen molar-refractivity contribution in [3.8, 4) is 0 Å². The van der Waals surface area contributed by atoms with E-state index in [1.807, 2.05) is 24.3 Å². The van der Waals surface area contributed by atoms with E-state index in [1.165, 1.54) is 76.3 Å². The Bertz CT molecular complexity index is 4610. The molecule has 0 saturated carbocycles. The van der Waals surface area contributed by atoms with Crippen LogP contribution in [0.5, 0.6) is 0 Å². The van der Waals surface area contributed by atoms with E-state index in [9.17, 15) is 25.9 Å². The minimum atomic E-state index is -4.23. The number of fused-ring (bicyclic) bond motifs is 4. The average Bonchev–Trinajstić information content (AvgIpc) is 1.62. The highest BCUT2D eigenvalue weighted by atomic mass is 35.5. The van der Waals surface area contributed by atoms with E-state index in [-0.39, 0.29) is 33.2 Å². The molecule has 5 aliphatic heterocycles. The van der Waals surface area contributed by atoms with Gasteiger partial charge in [0.15, 0.2) is 11.4 Å². The van der Waals surface area contributed by atoms with Crippen molar-refractivity contribution in [2.75, 3.05) is 54.1 Å². The number of para-hydroxylation sites is 4. The first kappa shape index (κ1) is 91.0. The molecule has 10 rings (SSSR count). The molecule has 0 atom stereocenters. The number of hydrogen-bond donors (Lipinski definition) is 0. The maximum atomic E-state index is 11.2. The minimum Gasteiger partial charge on any atom is -0.748 e. The Morgan fingerprint density at radius 1 is 0.444 bits per heavy atom. The number of ether oxygens (including phenoxy) is 1. The van der Waals surface area contributed by atoms with E-state index in [0.717, 1.165) is 90.6 Å². The first-order chi connectivity index (χ1) is 50.6. The van der Waals surface area contributed by atoms with Gasteiger partial charge in [0.05, 0.1) is 42.7 Å². The second kappa shape index (κ2) is 41.5. The van der Waals surface area contributed by atoms with Crippen molar-refractivity contribution in [1.29, 1.82) is 0 Å². The molecule has 4 aromatic rings. The van der Waals surface area contributed by atoms with Crippen LogP contribution in [-0.4, -0.2) is 141 Å². The number of hydrogen-bond acceptors (Lipinski definition) is 21. The summed E-state index contributed by atoms with van der Waals surface area (Å²) < 4.78 is 180. The van der Waals surface area contributed by atoms with Gasteiger partial charge in [0.1, 0.15) is 18.8 Å². The smallest absolute Gasteiger partial charge is 0.425 e. The lowest BCUT2D eigenvalue weighted by Crippen LogP contribution is -2.28. The number of unbranched alkanes of at least 4 members (excludes halogenated alkanes) is 6. The van der Waals surface area contributed by atoms with Crippen LogP contribution in [0.2, 0.25) is 0 Å². The summed E-state index contributed by atoms with van der Waals surface area (Å²) in [6, 6.07) is 34.2. The number of benzene rings is 4. The van der Waals surface area contributed by atoms with E-state index < -0.39 is 62.7 Å². The van der Waals surface area contributed by atoms with Gasteiger partial charge in [-0.3, -0.25) is 0 Å². The van der Waals surface area contributed by atoms with Gasteiger partial charge >= 0.3 is 42.4 Å². The molecule has 0 amide bonds. The summed E-state index contributed by atoms with van der Waals surface area (Å²) in [5.74, 6) is -0.0359. The van der Waals surface area contributed by atoms with Crippen molar-refractivity contribution in [2.45, 2.75) is 181 Å². The molecule has 0 radical (unpaired) electrons. The molecule has 0 spiro atoms. The zero-order valence-electron chi connectivity index (χ0n) is 62.5. The first-order valence-electron chi connectivity index (χ1n) is 35.4. The molecular formula is C77H96Cl2N4O19S6. The molecule has 1 aliphatic carbocycles. The summed E-state index contributed by atoms with van der Waals surface area (Å²) >= 11 is 14.2. The molecule has 108 heavy (non-hydrogen) atoms. The van der Waals surface area contributed by atoms with Crippen LogP contribution in [0.4, 0.5) is 22.7 Å². The van der Waals surface area contributed by atoms with E-state index in [0.29, 0.717) is 56.2 Å². The third-order valence-corrected chi connectivity index (χ3v) is 22.0. The monoisotopic (exact) mass is 1640 g/mol. The van der Waals surface area contributed by atoms with Gasteiger partial charge in [-0.2, -0.15) is 9.15 Å². The summed E-state index contributed by atoms with van der Waals surface area (Å²) in [4.78, 5) is 4.52. The van der Waals surface area contributed by atoms with Crippen LogP contribution in [-0.2, 0) is 89.1 Å². The van der Waals surface area contributed by atoms with Crippen molar-refractivity contribution < 1.29 is 90.3 Å². The number of nitrogens with zero attached hydrogens (tertiary/aromatic N) is 4. The Hall–Kier alpha value is -7.58. The van der Waals surface area contributed by atoms with E-state index in [2.05, 4.69) is 210 Å². The SMILES string of the molecule is CCCCC[N+]1=C(C=CC2=C(Cl)C(=CC=C3N(CCCCS(=O)(=O)[O-])c4ccccc4C3(C)C)CCC2)C(C)(C)c2ccccc21.CCCCC[N+]1=C(C=CC2=C(Cl)C(=CC=C3N(CCCCS(=O)(=O)[O-])c4ccccc4C3(C)C)OCC2)C(C)(C)c2ccccc21.O=S(=O)=O.O=S(=O)=O.O=S(=O)=O.O=S(=O)=O. The maximum absolute atomic E-state index is 11.2. The lowest BCUT2D eigenvalue weighted by molar-refractivity contribution is -0.438. The second-order valence-corrected chi connectivity index (χ2v) is 33.7. The van der Waals surface area contributed by atoms with Crippen molar-refractivity contribution in [3.05, 3.63) is 212 Å². The molecule has 0 unspecified atom stereocenters. The number of anilines is 2. The fourth-order valence-corrected chi connectivity index (χ4v) is 16.2. The third-order valence-electron chi connectivity index (χ3n) is 19.5. The van der Waals surface area contributed by atoms with Crippen LogP contribution in [0.3, 0.4) is 0 Å². The standard InChI is InChI=1S/C39H49ClN2O3S.C38H47ClN2O4S.4O3S/c1-6-7-12-26-41-33-20-10-8-18-31(33)38(2,3)35(41)24-22-29-16-15-17-30(37(29)40)23-25-36-39(4,5)32-19-9-11-21-34(32)42(36)27-13-14-28-46(43,44)45;1-6-7-12-24-40-31-17-10-8-15-29(31)37(2,3)34(40)21-19-28-23-26-45-33(36(28)39)20-22-35-38(4,5)30-16-9-11-18-32(30)41(35)25-13-14-27-46(42,43)44;4*1-4(2)3/h8-11,18-25H,6-7,12-17,26-28H2,1-5H3;8-11,15-22H,6-7,12-14,23-27H2,1-5H3;;;;. The van der Waals surface area contributed by atoms with Crippen LogP contribution in [0.1, 0.15) is 181 Å². The van der Waals surface area contributed by atoms with E-state index in [1.54, 1.807) is 0 Å². The fraction of sp³-hybridized carbons (Fsp3) is 0.455. The van der Waals surface area contributed by atoms with Crippen molar-refractivity contribution in [2.24, 2.45) is 0 Å². The molecule has 4 aromatic carbocycles. The normalized spacial score (nSPS) is 18.5. The number of halogens is 2. The lowest BCUT2D eigenvalue weighted by atomic mass is 9.81. The zero-order chi connectivity index (χ0) is 80.5. The number of allylic oxidation sites excluding steroid dienone is 14.